The lowest BCUT2D eigenvalue weighted by Gasteiger charge is -2.10. The van der Waals surface area contributed by atoms with E-state index < -0.39 is 0 Å². The van der Waals surface area contributed by atoms with E-state index in [4.69, 9.17) is 10.8 Å². The Bertz CT molecular complexity index is 965. The maximum Gasteiger partial charge on any atom is 0.164 e. The molecular formula is C18H18N6. The predicted octanol–water partition coefficient (Wildman–Crippen LogP) is 3.15. The molecule has 24 heavy (non-hydrogen) atoms. The molecule has 0 radical (unpaired) electrons. The van der Waals surface area contributed by atoms with Gasteiger partial charge in [-0.15, -0.1) is 0 Å². The predicted molar refractivity (Wildman–Crippen MR) is 93.2 cm³/mol. The molecule has 0 saturated heterocycles. The summed E-state index contributed by atoms with van der Waals surface area (Å²) in [5, 5.41) is 5.74. The van der Waals surface area contributed by atoms with Gasteiger partial charge in [-0.2, -0.15) is 5.10 Å². The van der Waals surface area contributed by atoms with Gasteiger partial charge in [0.15, 0.2) is 5.65 Å². The Hall–Kier alpha value is -2.76. The van der Waals surface area contributed by atoms with E-state index in [1.54, 1.807) is 0 Å². The van der Waals surface area contributed by atoms with Crippen molar-refractivity contribution in [1.82, 2.24) is 24.7 Å². The van der Waals surface area contributed by atoms with Gasteiger partial charge in [0.25, 0.3) is 0 Å². The number of aromatic nitrogens is 5. The third-order valence-electron chi connectivity index (χ3n) is 5.07. The van der Waals surface area contributed by atoms with Crippen LogP contribution in [0.4, 0.5) is 5.82 Å². The summed E-state index contributed by atoms with van der Waals surface area (Å²) in [5.74, 6) is 0.482. The first-order valence-electron chi connectivity index (χ1n) is 8.46. The number of hydrogen-bond donors (Lipinski definition) is 1. The number of rotatable bonds is 2. The third-order valence-corrected chi connectivity index (χ3v) is 5.07. The first-order valence-corrected chi connectivity index (χ1v) is 8.46. The van der Waals surface area contributed by atoms with Crippen LogP contribution in [-0.2, 0) is 6.42 Å². The molecule has 2 aliphatic rings. The molecule has 0 bridgehead atoms. The van der Waals surface area contributed by atoms with Crippen molar-refractivity contribution in [3.8, 4) is 11.3 Å². The van der Waals surface area contributed by atoms with Crippen LogP contribution < -0.4 is 5.73 Å². The number of pyridine rings is 1. The normalized spacial score (nSPS) is 17.0. The summed E-state index contributed by atoms with van der Waals surface area (Å²) in [6.07, 6.45) is 13.3. The summed E-state index contributed by atoms with van der Waals surface area (Å²) in [5.41, 5.74) is 11.1. The second-order valence-corrected chi connectivity index (χ2v) is 6.56. The number of hydrogen-bond acceptors (Lipinski definition) is 5. The lowest BCUT2D eigenvalue weighted by molar-refractivity contribution is 0.479. The molecule has 1 fully saturated rings. The highest BCUT2D eigenvalue weighted by Crippen LogP contribution is 2.36. The zero-order chi connectivity index (χ0) is 16.1. The number of fused-ring (bicyclic) bond motifs is 2. The Morgan fingerprint density at radius 2 is 2.00 bits per heavy atom. The number of anilines is 1. The van der Waals surface area contributed by atoms with Crippen molar-refractivity contribution >= 4 is 22.9 Å². The van der Waals surface area contributed by atoms with Gasteiger partial charge in [-0.05, 0) is 24.5 Å². The topological polar surface area (TPSA) is 82.5 Å². The average Bonchev–Trinajstić information content (AvgIpc) is 3.33. The second-order valence-electron chi connectivity index (χ2n) is 6.56. The zero-order valence-corrected chi connectivity index (χ0v) is 13.3. The minimum absolute atomic E-state index is 0.401. The fourth-order valence-electron chi connectivity index (χ4n) is 3.85. The Labute approximate surface area is 139 Å². The highest BCUT2D eigenvalue weighted by Gasteiger charge is 2.25. The molecule has 5 rings (SSSR count). The molecule has 6 heteroatoms. The van der Waals surface area contributed by atoms with Crippen LogP contribution in [-0.4, -0.2) is 24.7 Å². The van der Waals surface area contributed by atoms with Crippen LogP contribution in [0.5, 0.6) is 0 Å². The highest BCUT2D eigenvalue weighted by atomic mass is 15.3. The number of allylic oxidation sites excluding steroid dienone is 1. The SMILES string of the molecule is Nc1ncnc2c1c(-c1cnc3c(c1)C=CC3)nn2C1CCCC1. The van der Waals surface area contributed by atoms with Gasteiger partial charge in [-0.3, -0.25) is 4.98 Å². The largest absolute Gasteiger partial charge is 0.383 e. The molecule has 0 unspecified atom stereocenters. The van der Waals surface area contributed by atoms with Crippen LogP contribution in [0.3, 0.4) is 0 Å². The summed E-state index contributed by atoms with van der Waals surface area (Å²) in [7, 11) is 0. The molecular weight excluding hydrogens is 300 g/mol. The number of nitrogens with two attached hydrogens (primary N) is 1. The van der Waals surface area contributed by atoms with Gasteiger partial charge in [0.05, 0.1) is 17.1 Å². The van der Waals surface area contributed by atoms with E-state index in [1.807, 2.05) is 6.20 Å². The minimum atomic E-state index is 0.401. The van der Waals surface area contributed by atoms with Crippen LogP contribution in [0, 0.1) is 0 Å². The Balaban J connectivity index is 1.74. The van der Waals surface area contributed by atoms with Crippen LogP contribution >= 0.6 is 0 Å². The molecule has 2 aliphatic carbocycles. The summed E-state index contributed by atoms with van der Waals surface area (Å²) >= 11 is 0. The smallest absolute Gasteiger partial charge is 0.164 e. The maximum absolute atomic E-state index is 6.18. The van der Waals surface area contributed by atoms with E-state index in [9.17, 15) is 0 Å². The number of nitrogen functional groups attached to an aromatic ring is 1. The van der Waals surface area contributed by atoms with Crippen LogP contribution in [0.25, 0.3) is 28.4 Å². The second kappa shape index (κ2) is 5.12. The van der Waals surface area contributed by atoms with Gasteiger partial charge < -0.3 is 5.73 Å². The van der Waals surface area contributed by atoms with Crippen LogP contribution in [0.2, 0.25) is 0 Å². The molecule has 0 aliphatic heterocycles. The molecule has 0 spiro atoms. The lowest BCUT2D eigenvalue weighted by atomic mass is 10.1. The molecule has 2 N–H and O–H groups in total. The molecule has 0 amide bonds. The average molecular weight is 318 g/mol. The Kier molecular flexibility index (Phi) is 2.92. The van der Waals surface area contributed by atoms with E-state index in [0.29, 0.717) is 11.9 Å². The van der Waals surface area contributed by atoms with Crippen molar-refractivity contribution in [1.29, 1.82) is 0 Å². The first-order chi connectivity index (χ1) is 11.8. The molecule has 120 valence electrons. The van der Waals surface area contributed by atoms with E-state index in [1.165, 1.54) is 19.2 Å². The molecule has 3 aromatic heterocycles. The third kappa shape index (κ3) is 1.95. The van der Waals surface area contributed by atoms with E-state index in [-0.39, 0.29) is 0 Å². The van der Waals surface area contributed by atoms with Gasteiger partial charge in [0, 0.05) is 18.2 Å². The van der Waals surface area contributed by atoms with Gasteiger partial charge in [0.1, 0.15) is 17.8 Å². The van der Waals surface area contributed by atoms with Crippen molar-refractivity contribution in [2.75, 3.05) is 5.73 Å². The fourth-order valence-corrected chi connectivity index (χ4v) is 3.85. The minimum Gasteiger partial charge on any atom is -0.383 e. The Morgan fingerprint density at radius 3 is 2.88 bits per heavy atom. The van der Waals surface area contributed by atoms with Gasteiger partial charge in [0.2, 0.25) is 0 Å². The summed E-state index contributed by atoms with van der Waals surface area (Å²) in [6, 6.07) is 2.54. The van der Waals surface area contributed by atoms with Crippen molar-refractivity contribution in [2.45, 2.75) is 38.1 Å². The Morgan fingerprint density at radius 1 is 1.12 bits per heavy atom. The van der Waals surface area contributed by atoms with Crippen LogP contribution in [0.1, 0.15) is 43.0 Å². The van der Waals surface area contributed by atoms with Crippen molar-refractivity contribution in [2.24, 2.45) is 0 Å². The molecule has 3 heterocycles. The van der Waals surface area contributed by atoms with Crippen LogP contribution in [0.15, 0.2) is 24.7 Å². The molecule has 1 saturated carbocycles. The first kappa shape index (κ1) is 13.7. The summed E-state index contributed by atoms with van der Waals surface area (Å²) < 4.78 is 2.05. The maximum atomic E-state index is 6.18. The van der Waals surface area contributed by atoms with E-state index >= 15 is 0 Å². The van der Waals surface area contributed by atoms with Gasteiger partial charge in [-0.25, -0.2) is 14.6 Å². The summed E-state index contributed by atoms with van der Waals surface area (Å²) in [6.45, 7) is 0. The van der Waals surface area contributed by atoms with E-state index in [0.717, 1.165) is 52.8 Å². The quantitative estimate of drug-likeness (QED) is 0.785. The standard InChI is InChI=1S/C18H18N6/c19-17-15-16(12-8-11-4-3-7-14(11)20-9-12)23-24(13-5-1-2-6-13)18(15)22-10-21-17/h3-4,8-10,13H,1-2,5-7H2,(H2,19,21,22). The number of nitrogens with zero attached hydrogens (tertiary/aromatic N) is 5. The summed E-state index contributed by atoms with van der Waals surface area (Å²) in [4.78, 5) is 13.3. The highest BCUT2D eigenvalue weighted by molar-refractivity contribution is 5.98. The monoisotopic (exact) mass is 318 g/mol. The van der Waals surface area contributed by atoms with Crippen molar-refractivity contribution in [3.63, 3.8) is 0 Å². The van der Waals surface area contributed by atoms with Gasteiger partial charge >= 0.3 is 0 Å². The van der Waals surface area contributed by atoms with Gasteiger partial charge in [-0.1, -0.05) is 25.0 Å². The zero-order valence-electron chi connectivity index (χ0n) is 13.3. The molecule has 3 aromatic rings. The van der Waals surface area contributed by atoms with E-state index in [2.05, 4.69) is 37.9 Å². The lowest BCUT2D eigenvalue weighted by Crippen LogP contribution is -2.07. The fraction of sp³-hybridized carbons (Fsp3) is 0.333. The molecule has 0 aromatic carbocycles. The molecule has 6 nitrogen and oxygen atoms in total. The van der Waals surface area contributed by atoms with Crippen molar-refractivity contribution < 1.29 is 0 Å². The van der Waals surface area contributed by atoms with Crippen molar-refractivity contribution in [3.05, 3.63) is 35.9 Å². The molecule has 0 atom stereocenters.